The van der Waals surface area contributed by atoms with E-state index in [0.717, 1.165) is 0 Å². The van der Waals surface area contributed by atoms with Gasteiger partial charge in [0.05, 0.1) is 0 Å². The molecule has 0 aromatic heterocycles. The number of amides is 1. The number of carbonyl (C=O) groups is 1. The van der Waals surface area contributed by atoms with E-state index < -0.39 is 5.91 Å². The SMILES string of the molecule is C[C@@H](NCc1ccc(C(N)=O)cc1F)C1CCCCCC1. The largest absolute Gasteiger partial charge is 0.366 e. The van der Waals surface area contributed by atoms with Gasteiger partial charge in [-0.2, -0.15) is 0 Å². The lowest BCUT2D eigenvalue weighted by Gasteiger charge is -2.23. The minimum Gasteiger partial charge on any atom is -0.366 e. The molecule has 1 aliphatic rings. The highest BCUT2D eigenvalue weighted by molar-refractivity contribution is 5.92. The molecule has 0 saturated heterocycles. The normalized spacial score (nSPS) is 18.2. The van der Waals surface area contributed by atoms with Crippen molar-refractivity contribution in [3.8, 4) is 0 Å². The molecule has 4 heteroatoms. The second-order valence-corrected chi connectivity index (χ2v) is 6.09. The minimum absolute atomic E-state index is 0.216. The monoisotopic (exact) mass is 292 g/mol. The average Bonchev–Trinajstić information content (AvgIpc) is 2.74. The second kappa shape index (κ2) is 7.55. The van der Waals surface area contributed by atoms with Crippen LogP contribution in [0.4, 0.5) is 4.39 Å². The van der Waals surface area contributed by atoms with Crippen LogP contribution in [-0.4, -0.2) is 11.9 Å². The van der Waals surface area contributed by atoms with E-state index in [1.54, 1.807) is 12.1 Å². The summed E-state index contributed by atoms with van der Waals surface area (Å²) in [7, 11) is 0. The van der Waals surface area contributed by atoms with E-state index in [1.165, 1.54) is 44.6 Å². The lowest BCUT2D eigenvalue weighted by Crippen LogP contribution is -2.33. The molecule has 116 valence electrons. The molecule has 1 aromatic carbocycles. The average molecular weight is 292 g/mol. The van der Waals surface area contributed by atoms with Crippen molar-refractivity contribution in [1.82, 2.24) is 5.32 Å². The third-order valence-corrected chi connectivity index (χ3v) is 4.56. The number of primary amides is 1. The summed E-state index contributed by atoms with van der Waals surface area (Å²) in [6.07, 6.45) is 7.81. The first-order valence-electron chi connectivity index (χ1n) is 7.89. The lowest BCUT2D eigenvalue weighted by molar-refractivity contribution is 0.1000. The van der Waals surface area contributed by atoms with Crippen LogP contribution in [0.25, 0.3) is 0 Å². The van der Waals surface area contributed by atoms with Crippen molar-refractivity contribution in [2.45, 2.75) is 58.0 Å². The van der Waals surface area contributed by atoms with Crippen LogP contribution in [0.5, 0.6) is 0 Å². The Morgan fingerprint density at radius 2 is 2.00 bits per heavy atom. The maximum Gasteiger partial charge on any atom is 0.248 e. The maximum atomic E-state index is 13.9. The smallest absolute Gasteiger partial charge is 0.248 e. The number of carbonyl (C=O) groups excluding carboxylic acids is 1. The third-order valence-electron chi connectivity index (χ3n) is 4.56. The molecular formula is C17H25FN2O. The van der Waals surface area contributed by atoms with Gasteiger partial charge in [0.15, 0.2) is 0 Å². The van der Waals surface area contributed by atoms with E-state index in [9.17, 15) is 9.18 Å². The summed E-state index contributed by atoms with van der Waals surface area (Å²) in [5.74, 6) is -0.285. The summed E-state index contributed by atoms with van der Waals surface area (Å²) in [6, 6.07) is 4.83. The first-order chi connectivity index (χ1) is 10.1. The van der Waals surface area contributed by atoms with E-state index in [2.05, 4.69) is 12.2 Å². The topological polar surface area (TPSA) is 55.1 Å². The molecular weight excluding hydrogens is 267 g/mol. The van der Waals surface area contributed by atoms with Crippen molar-refractivity contribution in [2.24, 2.45) is 11.7 Å². The Kier molecular flexibility index (Phi) is 5.74. The maximum absolute atomic E-state index is 13.9. The number of nitrogens with one attached hydrogen (secondary N) is 1. The fourth-order valence-electron chi connectivity index (χ4n) is 3.09. The van der Waals surface area contributed by atoms with E-state index in [4.69, 9.17) is 5.73 Å². The fourth-order valence-corrected chi connectivity index (χ4v) is 3.09. The van der Waals surface area contributed by atoms with Gasteiger partial charge in [-0.1, -0.05) is 31.7 Å². The molecule has 1 aromatic rings. The third kappa shape index (κ3) is 4.53. The Labute approximate surface area is 126 Å². The van der Waals surface area contributed by atoms with Crippen LogP contribution in [0.2, 0.25) is 0 Å². The van der Waals surface area contributed by atoms with E-state index in [-0.39, 0.29) is 11.4 Å². The molecule has 0 heterocycles. The summed E-state index contributed by atoms with van der Waals surface area (Å²) in [5.41, 5.74) is 5.95. The Bertz CT molecular complexity index is 482. The molecule has 1 atom stereocenters. The summed E-state index contributed by atoms with van der Waals surface area (Å²) in [5, 5.41) is 3.43. The highest BCUT2D eigenvalue weighted by Gasteiger charge is 2.19. The molecule has 3 nitrogen and oxygen atoms in total. The first kappa shape index (κ1) is 16.0. The Balaban J connectivity index is 1.91. The van der Waals surface area contributed by atoms with Crippen LogP contribution in [0.1, 0.15) is 61.4 Å². The molecule has 21 heavy (non-hydrogen) atoms. The Hall–Kier alpha value is -1.42. The number of halogens is 1. The number of benzene rings is 1. The Morgan fingerprint density at radius 1 is 1.33 bits per heavy atom. The number of hydrogen-bond donors (Lipinski definition) is 2. The van der Waals surface area contributed by atoms with Crippen molar-refractivity contribution in [1.29, 1.82) is 0 Å². The van der Waals surface area contributed by atoms with Gasteiger partial charge in [-0.3, -0.25) is 4.79 Å². The van der Waals surface area contributed by atoms with Crippen LogP contribution < -0.4 is 11.1 Å². The predicted molar refractivity (Wildman–Crippen MR) is 82.4 cm³/mol. The highest BCUT2D eigenvalue weighted by Crippen LogP contribution is 2.25. The van der Waals surface area contributed by atoms with Gasteiger partial charge in [0.25, 0.3) is 0 Å². The number of rotatable bonds is 5. The van der Waals surface area contributed by atoms with Crippen LogP contribution in [0, 0.1) is 11.7 Å². The summed E-state index contributed by atoms with van der Waals surface area (Å²) >= 11 is 0. The first-order valence-corrected chi connectivity index (χ1v) is 7.89. The molecule has 1 aliphatic carbocycles. The van der Waals surface area contributed by atoms with Crippen molar-refractivity contribution in [3.05, 3.63) is 35.1 Å². The van der Waals surface area contributed by atoms with Crippen LogP contribution >= 0.6 is 0 Å². The summed E-state index contributed by atoms with van der Waals surface area (Å²) in [4.78, 5) is 11.0. The molecule has 1 fully saturated rings. The predicted octanol–water partition coefficient (Wildman–Crippen LogP) is 3.37. The zero-order valence-electron chi connectivity index (χ0n) is 12.7. The summed E-state index contributed by atoms with van der Waals surface area (Å²) in [6.45, 7) is 2.67. The van der Waals surface area contributed by atoms with Crippen LogP contribution in [0.15, 0.2) is 18.2 Å². The van der Waals surface area contributed by atoms with Gasteiger partial charge in [0.2, 0.25) is 5.91 Å². The molecule has 0 unspecified atom stereocenters. The van der Waals surface area contributed by atoms with E-state index >= 15 is 0 Å². The minimum atomic E-state index is -0.597. The van der Waals surface area contributed by atoms with Gasteiger partial charge in [-0.25, -0.2) is 4.39 Å². The number of nitrogens with two attached hydrogens (primary N) is 1. The molecule has 0 bridgehead atoms. The lowest BCUT2D eigenvalue weighted by atomic mass is 9.93. The molecule has 0 spiro atoms. The van der Waals surface area contributed by atoms with Gasteiger partial charge in [0, 0.05) is 23.7 Å². The van der Waals surface area contributed by atoms with Gasteiger partial charge in [0.1, 0.15) is 5.82 Å². The van der Waals surface area contributed by atoms with Crippen molar-refractivity contribution < 1.29 is 9.18 Å². The molecule has 3 N–H and O–H groups in total. The molecule has 2 rings (SSSR count). The standard InChI is InChI=1S/C17H25FN2O/c1-12(13-6-4-2-3-5-7-13)20-11-15-9-8-14(17(19)21)10-16(15)18/h8-10,12-13,20H,2-7,11H2,1H3,(H2,19,21)/t12-/m1/s1. The van der Waals surface area contributed by atoms with Crippen molar-refractivity contribution in [2.75, 3.05) is 0 Å². The highest BCUT2D eigenvalue weighted by atomic mass is 19.1. The number of hydrogen-bond acceptors (Lipinski definition) is 2. The van der Waals surface area contributed by atoms with Crippen LogP contribution in [-0.2, 0) is 6.54 Å². The molecule has 1 amide bonds. The quantitative estimate of drug-likeness (QED) is 0.817. The van der Waals surface area contributed by atoms with Crippen molar-refractivity contribution >= 4 is 5.91 Å². The van der Waals surface area contributed by atoms with E-state index in [1.807, 2.05) is 0 Å². The van der Waals surface area contributed by atoms with E-state index in [0.29, 0.717) is 24.1 Å². The molecule has 0 radical (unpaired) electrons. The van der Waals surface area contributed by atoms with Gasteiger partial charge >= 0.3 is 0 Å². The van der Waals surface area contributed by atoms with Crippen molar-refractivity contribution in [3.63, 3.8) is 0 Å². The Morgan fingerprint density at radius 3 is 2.57 bits per heavy atom. The van der Waals surface area contributed by atoms with Gasteiger partial charge in [-0.15, -0.1) is 0 Å². The van der Waals surface area contributed by atoms with Gasteiger partial charge < -0.3 is 11.1 Å². The molecule has 0 aliphatic heterocycles. The fraction of sp³-hybridized carbons (Fsp3) is 0.588. The summed E-state index contributed by atoms with van der Waals surface area (Å²) < 4.78 is 13.9. The van der Waals surface area contributed by atoms with Crippen LogP contribution in [0.3, 0.4) is 0 Å². The molecule has 1 saturated carbocycles. The zero-order valence-corrected chi connectivity index (χ0v) is 12.7. The second-order valence-electron chi connectivity index (χ2n) is 6.09. The van der Waals surface area contributed by atoms with Gasteiger partial charge in [-0.05, 0) is 37.8 Å². The zero-order chi connectivity index (χ0) is 15.2.